The predicted octanol–water partition coefficient (Wildman–Crippen LogP) is 5.21. The van der Waals surface area contributed by atoms with E-state index in [1.54, 1.807) is 11.0 Å². The molecule has 0 saturated carbocycles. The first-order valence-electron chi connectivity index (χ1n) is 12.5. The lowest BCUT2D eigenvalue weighted by molar-refractivity contribution is -0.133. The van der Waals surface area contributed by atoms with Gasteiger partial charge in [-0.25, -0.2) is 5.01 Å². The van der Waals surface area contributed by atoms with Crippen LogP contribution >= 0.6 is 34.5 Å². The molecule has 1 aromatic heterocycles. The quantitative estimate of drug-likeness (QED) is 0.373. The standard InChI is InChI=1S/C28H28Cl2N4O3S/c29-22-8-3-1-6-20(22)24-18-25(21-7-2-4-9-23(21)30)34(31-24)27(35)19-33(28(36)26-10-5-17-38-26)12-11-32-13-15-37-16-14-32/h1-10,17,25H,11-16,18-19H2/t25-/m0/s1. The number of nitrogens with zero attached hydrogens (tertiary/aromatic N) is 4. The van der Waals surface area contributed by atoms with Crippen LogP contribution in [-0.2, 0) is 9.53 Å². The number of halogens is 2. The molecule has 0 radical (unpaired) electrons. The minimum Gasteiger partial charge on any atom is -0.379 e. The molecule has 1 fully saturated rings. The molecule has 198 valence electrons. The molecule has 3 aromatic rings. The lowest BCUT2D eigenvalue weighted by Crippen LogP contribution is -2.46. The number of carbonyl (C=O) groups excluding carboxylic acids is 2. The van der Waals surface area contributed by atoms with Gasteiger partial charge in [-0.2, -0.15) is 5.10 Å². The highest BCUT2D eigenvalue weighted by atomic mass is 35.5. The average Bonchev–Trinajstić information content (AvgIpc) is 3.63. The Morgan fingerprint density at radius 1 is 1.00 bits per heavy atom. The van der Waals surface area contributed by atoms with Crippen molar-refractivity contribution in [3.05, 3.63) is 92.1 Å². The third-order valence-corrected chi connectivity index (χ3v) is 8.28. The van der Waals surface area contributed by atoms with Crippen LogP contribution < -0.4 is 0 Å². The summed E-state index contributed by atoms with van der Waals surface area (Å²) in [6.07, 6.45) is 0.464. The molecule has 38 heavy (non-hydrogen) atoms. The van der Waals surface area contributed by atoms with E-state index in [2.05, 4.69) is 4.90 Å². The van der Waals surface area contributed by atoms with Crippen LogP contribution in [0.25, 0.3) is 0 Å². The van der Waals surface area contributed by atoms with Gasteiger partial charge in [0.05, 0.1) is 29.8 Å². The summed E-state index contributed by atoms with van der Waals surface area (Å²) in [7, 11) is 0. The van der Waals surface area contributed by atoms with E-state index in [0.29, 0.717) is 53.4 Å². The van der Waals surface area contributed by atoms with Gasteiger partial charge in [0.25, 0.3) is 11.8 Å². The van der Waals surface area contributed by atoms with E-state index in [-0.39, 0.29) is 18.4 Å². The molecular weight excluding hydrogens is 543 g/mol. The molecule has 10 heteroatoms. The van der Waals surface area contributed by atoms with Gasteiger partial charge in [-0.15, -0.1) is 11.3 Å². The summed E-state index contributed by atoms with van der Waals surface area (Å²) < 4.78 is 5.45. The lowest BCUT2D eigenvalue weighted by Gasteiger charge is -2.31. The van der Waals surface area contributed by atoms with E-state index in [1.807, 2.05) is 60.0 Å². The Balaban J connectivity index is 1.41. The number of hydrazone groups is 1. The molecule has 1 saturated heterocycles. The highest BCUT2D eigenvalue weighted by molar-refractivity contribution is 7.12. The Hall–Kier alpha value is -2.75. The van der Waals surface area contributed by atoms with Gasteiger partial charge in [-0.1, -0.05) is 65.7 Å². The molecule has 7 nitrogen and oxygen atoms in total. The SMILES string of the molecule is O=C(c1cccs1)N(CCN1CCOCC1)CC(=O)N1N=C(c2ccccc2Cl)C[C@H]1c1ccccc1Cl. The Morgan fingerprint density at radius 2 is 1.74 bits per heavy atom. The van der Waals surface area contributed by atoms with Crippen molar-refractivity contribution in [2.24, 2.45) is 5.10 Å². The zero-order valence-corrected chi connectivity index (χ0v) is 23.1. The van der Waals surface area contributed by atoms with Gasteiger partial charge in [-0.3, -0.25) is 14.5 Å². The highest BCUT2D eigenvalue weighted by Crippen LogP contribution is 2.37. The number of hydrogen-bond donors (Lipinski definition) is 0. The molecule has 0 spiro atoms. The smallest absolute Gasteiger partial charge is 0.264 e. The Labute approximate surface area is 236 Å². The van der Waals surface area contributed by atoms with Crippen molar-refractivity contribution in [3.63, 3.8) is 0 Å². The van der Waals surface area contributed by atoms with Crippen molar-refractivity contribution in [3.8, 4) is 0 Å². The molecule has 2 aliphatic rings. The molecule has 0 bridgehead atoms. The first-order chi connectivity index (χ1) is 18.5. The Morgan fingerprint density at radius 3 is 2.45 bits per heavy atom. The number of amides is 2. The van der Waals surface area contributed by atoms with E-state index in [9.17, 15) is 9.59 Å². The fourth-order valence-corrected chi connectivity index (χ4v) is 5.91. The first-order valence-corrected chi connectivity index (χ1v) is 14.2. The van der Waals surface area contributed by atoms with Gasteiger partial charge < -0.3 is 9.64 Å². The van der Waals surface area contributed by atoms with Crippen molar-refractivity contribution in [2.45, 2.75) is 12.5 Å². The molecule has 2 aromatic carbocycles. The monoisotopic (exact) mass is 570 g/mol. The Kier molecular flexibility index (Phi) is 8.76. The van der Waals surface area contributed by atoms with Crippen LogP contribution in [0.1, 0.15) is 33.3 Å². The summed E-state index contributed by atoms with van der Waals surface area (Å²) in [5.74, 6) is -0.436. The lowest BCUT2D eigenvalue weighted by atomic mass is 9.98. The summed E-state index contributed by atoms with van der Waals surface area (Å²) in [5.41, 5.74) is 2.29. The first kappa shape index (κ1) is 26.8. The highest BCUT2D eigenvalue weighted by Gasteiger charge is 2.36. The molecule has 2 aliphatic heterocycles. The maximum atomic E-state index is 13.9. The second kappa shape index (κ2) is 12.4. The number of rotatable bonds is 8. The zero-order chi connectivity index (χ0) is 26.5. The van der Waals surface area contributed by atoms with Gasteiger partial charge in [0, 0.05) is 48.2 Å². The minimum absolute atomic E-state index is 0.0959. The second-order valence-corrected chi connectivity index (χ2v) is 10.9. The largest absolute Gasteiger partial charge is 0.379 e. The molecule has 5 rings (SSSR count). The summed E-state index contributed by atoms with van der Waals surface area (Å²) in [6.45, 7) is 3.95. The van der Waals surface area contributed by atoms with Crippen molar-refractivity contribution in [2.75, 3.05) is 45.9 Å². The van der Waals surface area contributed by atoms with E-state index < -0.39 is 6.04 Å². The van der Waals surface area contributed by atoms with E-state index in [0.717, 1.165) is 24.2 Å². The van der Waals surface area contributed by atoms with E-state index in [1.165, 1.54) is 16.3 Å². The van der Waals surface area contributed by atoms with E-state index >= 15 is 0 Å². The van der Waals surface area contributed by atoms with Gasteiger partial charge >= 0.3 is 0 Å². The number of benzene rings is 2. The van der Waals surface area contributed by atoms with Crippen molar-refractivity contribution in [1.82, 2.24) is 14.8 Å². The number of ether oxygens (including phenoxy) is 1. The van der Waals surface area contributed by atoms with Gasteiger partial charge in [0.1, 0.15) is 6.54 Å². The average molecular weight is 572 g/mol. The Bertz CT molecular complexity index is 1310. The molecule has 0 aliphatic carbocycles. The fraction of sp³-hybridized carbons (Fsp3) is 0.321. The minimum atomic E-state index is -0.402. The van der Waals surface area contributed by atoms with Crippen LogP contribution in [0.2, 0.25) is 10.0 Å². The molecular formula is C28H28Cl2N4O3S. The number of morpholine rings is 1. The van der Waals surface area contributed by atoms with Gasteiger partial charge in [0.15, 0.2) is 0 Å². The number of thiophene rings is 1. The number of carbonyl (C=O) groups is 2. The molecule has 3 heterocycles. The van der Waals surface area contributed by atoms with Crippen LogP contribution in [0, 0.1) is 0 Å². The van der Waals surface area contributed by atoms with Crippen molar-refractivity contribution >= 4 is 52.1 Å². The molecule has 1 atom stereocenters. The molecule has 0 unspecified atom stereocenters. The van der Waals surface area contributed by atoms with Crippen LogP contribution in [-0.4, -0.2) is 78.3 Å². The molecule has 0 N–H and O–H groups in total. The normalized spacial score (nSPS) is 17.9. The van der Waals surface area contributed by atoms with Crippen LogP contribution in [0.4, 0.5) is 0 Å². The maximum absolute atomic E-state index is 13.9. The molecule has 2 amide bonds. The van der Waals surface area contributed by atoms with Crippen molar-refractivity contribution < 1.29 is 14.3 Å². The number of hydrogen-bond acceptors (Lipinski definition) is 6. The summed E-state index contributed by atoms with van der Waals surface area (Å²) in [4.78, 5) is 31.7. The summed E-state index contributed by atoms with van der Waals surface area (Å²) in [5, 5.41) is 9.21. The summed E-state index contributed by atoms with van der Waals surface area (Å²) >= 11 is 14.4. The second-order valence-electron chi connectivity index (χ2n) is 9.16. The van der Waals surface area contributed by atoms with Crippen LogP contribution in [0.5, 0.6) is 0 Å². The van der Waals surface area contributed by atoms with Crippen LogP contribution in [0.3, 0.4) is 0 Å². The van der Waals surface area contributed by atoms with Crippen molar-refractivity contribution in [1.29, 1.82) is 0 Å². The van der Waals surface area contributed by atoms with E-state index in [4.69, 9.17) is 33.0 Å². The fourth-order valence-electron chi connectivity index (χ4n) is 4.72. The maximum Gasteiger partial charge on any atom is 0.264 e. The zero-order valence-electron chi connectivity index (χ0n) is 20.8. The topological polar surface area (TPSA) is 65.5 Å². The predicted molar refractivity (Wildman–Crippen MR) is 151 cm³/mol. The third-order valence-electron chi connectivity index (χ3n) is 6.75. The van der Waals surface area contributed by atoms with Crippen LogP contribution in [0.15, 0.2) is 71.1 Å². The summed E-state index contributed by atoms with van der Waals surface area (Å²) in [6, 6.07) is 18.2. The van der Waals surface area contributed by atoms with Gasteiger partial charge in [-0.05, 0) is 29.1 Å². The van der Waals surface area contributed by atoms with Gasteiger partial charge in [0.2, 0.25) is 0 Å². The third kappa shape index (κ3) is 6.11.